The second-order valence-corrected chi connectivity index (χ2v) is 5.19. The maximum atomic E-state index is 5.16. The van der Waals surface area contributed by atoms with Crippen LogP contribution in [0, 0.1) is 0 Å². The minimum Gasteiger partial charge on any atom is -0.380 e. The number of nitrogens with one attached hydrogen (secondary N) is 1. The number of hydrogen-bond acceptors (Lipinski definition) is 3. The predicted octanol–water partition coefficient (Wildman–Crippen LogP) is 1.65. The summed E-state index contributed by atoms with van der Waals surface area (Å²) in [7, 11) is 1.77. The third-order valence-electron chi connectivity index (χ3n) is 2.99. The van der Waals surface area contributed by atoms with Gasteiger partial charge in [0.05, 0.1) is 6.61 Å². The van der Waals surface area contributed by atoms with Crippen LogP contribution in [0.2, 0.25) is 0 Å². The third kappa shape index (κ3) is 4.64. The molecule has 1 N–H and O–H groups in total. The van der Waals surface area contributed by atoms with Crippen LogP contribution in [0.4, 0.5) is 0 Å². The van der Waals surface area contributed by atoms with E-state index in [1.165, 1.54) is 5.57 Å². The highest BCUT2D eigenvalue weighted by atomic mass is 16.5. The lowest BCUT2D eigenvalue weighted by molar-refractivity contribution is 0.193. The average molecular weight is 226 g/mol. The first kappa shape index (κ1) is 13.7. The predicted molar refractivity (Wildman–Crippen MR) is 68.8 cm³/mol. The third-order valence-corrected chi connectivity index (χ3v) is 2.99. The first-order valence-electron chi connectivity index (χ1n) is 6.21. The Balaban J connectivity index is 2.36. The van der Waals surface area contributed by atoms with Crippen LogP contribution in [0.1, 0.15) is 27.2 Å². The molecule has 3 nitrogen and oxygen atoms in total. The van der Waals surface area contributed by atoms with E-state index < -0.39 is 0 Å². The largest absolute Gasteiger partial charge is 0.380 e. The SMILES string of the molecule is CCNC(C)(C)CN1CC=C(COC)CC1. The Bertz CT molecular complexity index is 236. The van der Waals surface area contributed by atoms with Crippen molar-refractivity contribution < 1.29 is 4.74 Å². The number of ether oxygens (including phenoxy) is 1. The van der Waals surface area contributed by atoms with E-state index >= 15 is 0 Å². The van der Waals surface area contributed by atoms with Gasteiger partial charge in [-0.1, -0.05) is 13.0 Å². The van der Waals surface area contributed by atoms with E-state index in [1.807, 2.05) is 0 Å². The average Bonchev–Trinajstić information content (AvgIpc) is 2.21. The van der Waals surface area contributed by atoms with Gasteiger partial charge in [0.15, 0.2) is 0 Å². The Hall–Kier alpha value is -0.380. The molecule has 0 amide bonds. The van der Waals surface area contributed by atoms with E-state index in [2.05, 4.69) is 37.1 Å². The van der Waals surface area contributed by atoms with Gasteiger partial charge in [-0.3, -0.25) is 4.90 Å². The summed E-state index contributed by atoms with van der Waals surface area (Å²) in [5, 5.41) is 3.52. The lowest BCUT2D eigenvalue weighted by Crippen LogP contribution is -2.50. The molecule has 1 heterocycles. The molecule has 0 aromatic carbocycles. The molecule has 0 aliphatic carbocycles. The standard InChI is InChI=1S/C13H26N2O/c1-5-14-13(2,3)11-15-8-6-12(7-9-15)10-16-4/h6,14H,5,7-11H2,1-4H3. The van der Waals surface area contributed by atoms with Crippen molar-refractivity contribution in [3.05, 3.63) is 11.6 Å². The van der Waals surface area contributed by atoms with Gasteiger partial charge < -0.3 is 10.1 Å². The monoisotopic (exact) mass is 226 g/mol. The fourth-order valence-corrected chi connectivity index (χ4v) is 2.31. The van der Waals surface area contributed by atoms with Crippen LogP contribution in [0.25, 0.3) is 0 Å². The van der Waals surface area contributed by atoms with Crippen LogP contribution in [-0.4, -0.2) is 50.3 Å². The minimum absolute atomic E-state index is 0.210. The van der Waals surface area contributed by atoms with E-state index in [0.29, 0.717) is 0 Å². The van der Waals surface area contributed by atoms with Crippen molar-refractivity contribution in [3.8, 4) is 0 Å². The number of likely N-dealkylation sites (N-methyl/N-ethyl adjacent to an activating group) is 1. The van der Waals surface area contributed by atoms with Crippen molar-refractivity contribution in [2.45, 2.75) is 32.7 Å². The van der Waals surface area contributed by atoms with Crippen LogP contribution in [-0.2, 0) is 4.74 Å². The van der Waals surface area contributed by atoms with E-state index in [1.54, 1.807) is 7.11 Å². The summed E-state index contributed by atoms with van der Waals surface area (Å²) in [6, 6.07) is 0. The quantitative estimate of drug-likeness (QED) is 0.697. The van der Waals surface area contributed by atoms with Crippen LogP contribution >= 0.6 is 0 Å². The van der Waals surface area contributed by atoms with Gasteiger partial charge in [0.25, 0.3) is 0 Å². The molecule has 0 saturated carbocycles. The molecule has 0 unspecified atom stereocenters. The first-order valence-corrected chi connectivity index (χ1v) is 6.21. The second kappa shape index (κ2) is 6.38. The molecule has 1 aliphatic rings. The molecule has 0 bridgehead atoms. The normalized spacial score (nSPS) is 18.6. The Morgan fingerprint density at radius 1 is 1.50 bits per heavy atom. The number of hydrogen-bond donors (Lipinski definition) is 1. The number of methoxy groups -OCH3 is 1. The Morgan fingerprint density at radius 2 is 2.25 bits per heavy atom. The highest BCUT2D eigenvalue weighted by Gasteiger charge is 2.21. The summed E-state index contributed by atoms with van der Waals surface area (Å²) in [5.74, 6) is 0. The molecular formula is C13H26N2O. The lowest BCUT2D eigenvalue weighted by atomic mass is 10.0. The molecule has 0 fully saturated rings. The van der Waals surface area contributed by atoms with Gasteiger partial charge in [-0.05, 0) is 32.4 Å². The molecule has 16 heavy (non-hydrogen) atoms. The van der Waals surface area contributed by atoms with Gasteiger partial charge in [-0.2, -0.15) is 0 Å². The van der Waals surface area contributed by atoms with Gasteiger partial charge >= 0.3 is 0 Å². The maximum Gasteiger partial charge on any atom is 0.0673 e. The van der Waals surface area contributed by atoms with E-state index in [0.717, 1.165) is 39.2 Å². The minimum atomic E-state index is 0.210. The molecule has 1 rings (SSSR count). The highest BCUT2D eigenvalue weighted by Crippen LogP contribution is 2.14. The van der Waals surface area contributed by atoms with Gasteiger partial charge in [0.2, 0.25) is 0 Å². The molecule has 0 saturated heterocycles. The highest BCUT2D eigenvalue weighted by molar-refractivity contribution is 5.08. The Labute approximate surface area is 99.8 Å². The van der Waals surface area contributed by atoms with Crippen molar-refractivity contribution in [3.63, 3.8) is 0 Å². The molecule has 0 radical (unpaired) electrons. The van der Waals surface area contributed by atoms with Gasteiger partial charge in [0.1, 0.15) is 0 Å². The van der Waals surface area contributed by atoms with Gasteiger partial charge in [-0.25, -0.2) is 0 Å². The van der Waals surface area contributed by atoms with Gasteiger partial charge in [0, 0.05) is 32.3 Å². The lowest BCUT2D eigenvalue weighted by Gasteiger charge is -2.35. The molecule has 0 atom stereocenters. The zero-order chi connectivity index (χ0) is 12.0. The topological polar surface area (TPSA) is 24.5 Å². The number of rotatable bonds is 6. The molecule has 0 aromatic rings. The van der Waals surface area contributed by atoms with E-state index in [4.69, 9.17) is 4.74 Å². The van der Waals surface area contributed by atoms with Crippen LogP contribution < -0.4 is 5.32 Å². The Kier molecular flexibility index (Phi) is 5.46. The van der Waals surface area contributed by atoms with Crippen molar-refractivity contribution in [1.82, 2.24) is 10.2 Å². The zero-order valence-electron chi connectivity index (χ0n) is 11.2. The van der Waals surface area contributed by atoms with Crippen molar-refractivity contribution in [1.29, 1.82) is 0 Å². The van der Waals surface area contributed by atoms with Crippen LogP contribution in [0.15, 0.2) is 11.6 Å². The fraction of sp³-hybridized carbons (Fsp3) is 0.846. The Morgan fingerprint density at radius 3 is 2.75 bits per heavy atom. The van der Waals surface area contributed by atoms with Gasteiger partial charge in [-0.15, -0.1) is 0 Å². The second-order valence-electron chi connectivity index (χ2n) is 5.19. The smallest absolute Gasteiger partial charge is 0.0673 e. The maximum absolute atomic E-state index is 5.16. The molecule has 3 heteroatoms. The fourth-order valence-electron chi connectivity index (χ4n) is 2.31. The summed E-state index contributed by atoms with van der Waals surface area (Å²) in [4.78, 5) is 2.50. The summed E-state index contributed by atoms with van der Waals surface area (Å²) in [5.41, 5.74) is 1.65. The van der Waals surface area contributed by atoms with Crippen molar-refractivity contribution in [2.24, 2.45) is 0 Å². The van der Waals surface area contributed by atoms with Crippen LogP contribution in [0.5, 0.6) is 0 Å². The molecule has 1 aliphatic heterocycles. The molecule has 94 valence electrons. The van der Waals surface area contributed by atoms with Crippen LogP contribution in [0.3, 0.4) is 0 Å². The number of nitrogens with zero attached hydrogens (tertiary/aromatic N) is 1. The van der Waals surface area contributed by atoms with E-state index in [9.17, 15) is 0 Å². The van der Waals surface area contributed by atoms with Crippen molar-refractivity contribution in [2.75, 3.05) is 39.9 Å². The molecule has 0 aromatic heterocycles. The summed E-state index contributed by atoms with van der Waals surface area (Å²) in [6.07, 6.45) is 3.46. The first-order chi connectivity index (χ1) is 7.57. The molecule has 0 spiro atoms. The van der Waals surface area contributed by atoms with Crippen molar-refractivity contribution >= 4 is 0 Å². The summed E-state index contributed by atoms with van der Waals surface area (Å²) >= 11 is 0. The summed E-state index contributed by atoms with van der Waals surface area (Å²) in [6.45, 7) is 11.9. The summed E-state index contributed by atoms with van der Waals surface area (Å²) < 4.78 is 5.16. The molecular weight excluding hydrogens is 200 g/mol. The van der Waals surface area contributed by atoms with E-state index in [-0.39, 0.29) is 5.54 Å². The zero-order valence-corrected chi connectivity index (χ0v) is 11.2.